The van der Waals surface area contributed by atoms with Gasteiger partial charge in [-0.1, -0.05) is 31.9 Å². The predicted octanol–water partition coefficient (Wildman–Crippen LogP) is 5.19. The zero-order valence-electron chi connectivity index (χ0n) is 25.1. The van der Waals surface area contributed by atoms with E-state index in [1.165, 1.54) is 12.1 Å². The Labute approximate surface area is 285 Å². The van der Waals surface area contributed by atoms with Gasteiger partial charge in [0.15, 0.2) is 0 Å². The molecule has 0 bridgehead atoms. The minimum Gasteiger partial charge on any atom is -0.484 e. The van der Waals surface area contributed by atoms with Gasteiger partial charge in [-0.05, 0) is 62.1 Å². The van der Waals surface area contributed by atoms with Crippen molar-refractivity contribution in [2.24, 2.45) is 15.7 Å². The molecule has 2 aromatic carbocycles. The monoisotopic (exact) mass is 770 g/mol. The van der Waals surface area contributed by atoms with Crippen LogP contribution in [0.1, 0.15) is 49.7 Å². The maximum atomic E-state index is 8.88. The molecule has 7 rings (SSSR count). The van der Waals surface area contributed by atoms with E-state index in [1.807, 2.05) is 42.6 Å². The third kappa shape index (κ3) is 7.74. The van der Waals surface area contributed by atoms with Crippen LogP contribution in [0.15, 0.2) is 55.3 Å². The number of fused-ring (bicyclic) bond motifs is 3. The number of rotatable bonds is 0. The largest absolute Gasteiger partial charge is 0.484 e. The van der Waals surface area contributed by atoms with Gasteiger partial charge < -0.3 is 29.9 Å². The van der Waals surface area contributed by atoms with E-state index in [0.29, 0.717) is 32.0 Å². The number of hydrogen-bond acceptors (Lipinski definition) is 12. The van der Waals surface area contributed by atoms with E-state index in [1.54, 1.807) is 12.5 Å². The molecule has 12 nitrogen and oxygen atoms in total. The Morgan fingerprint density at radius 1 is 1.02 bits per heavy atom. The van der Waals surface area contributed by atoms with Gasteiger partial charge in [-0.15, -0.1) is 12.4 Å². The molecule has 0 saturated carbocycles. The second-order valence-electron chi connectivity index (χ2n) is 11.2. The lowest BCUT2D eigenvalue weighted by Crippen LogP contribution is -2.53. The average molecular weight is 773 g/mol. The fourth-order valence-corrected chi connectivity index (χ4v) is 6.89. The quantitative estimate of drug-likeness (QED) is 0.241. The Kier molecular flexibility index (Phi) is 11.8. The molecule has 15 heteroatoms. The van der Waals surface area contributed by atoms with E-state index in [9.17, 15) is 0 Å². The highest BCUT2D eigenvalue weighted by Crippen LogP contribution is 2.51. The van der Waals surface area contributed by atoms with Crippen molar-refractivity contribution in [3.05, 3.63) is 56.5 Å². The van der Waals surface area contributed by atoms with Crippen molar-refractivity contribution in [1.29, 1.82) is 5.26 Å². The number of ether oxygens (including phenoxy) is 4. The van der Waals surface area contributed by atoms with Gasteiger partial charge in [0.2, 0.25) is 17.9 Å². The molecule has 4 N–H and O–H groups in total. The Morgan fingerprint density at radius 2 is 1.62 bits per heavy atom. The molecule has 45 heavy (non-hydrogen) atoms. The summed E-state index contributed by atoms with van der Waals surface area (Å²) in [6.45, 7) is 2.67. The number of nitriles is 1. The van der Waals surface area contributed by atoms with Crippen LogP contribution in [0.2, 0.25) is 0 Å². The molecular formula is C30H37Br2ClN6O6. The van der Waals surface area contributed by atoms with Gasteiger partial charge >= 0.3 is 0 Å². The van der Waals surface area contributed by atoms with Crippen molar-refractivity contribution in [2.45, 2.75) is 55.5 Å². The van der Waals surface area contributed by atoms with Crippen molar-refractivity contribution in [1.82, 2.24) is 10.5 Å². The average Bonchev–Trinajstić information content (AvgIpc) is 3.28. The molecule has 0 aliphatic carbocycles. The van der Waals surface area contributed by atoms with E-state index >= 15 is 0 Å². The summed E-state index contributed by atoms with van der Waals surface area (Å²) >= 11 is 6.95. The van der Waals surface area contributed by atoms with Crippen molar-refractivity contribution in [2.75, 3.05) is 40.5 Å². The van der Waals surface area contributed by atoms with Crippen molar-refractivity contribution in [3.8, 4) is 17.7 Å². The Bertz CT molecular complexity index is 1460. The van der Waals surface area contributed by atoms with Gasteiger partial charge in [0.25, 0.3) is 0 Å². The van der Waals surface area contributed by atoms with E-state index in [0.717, 1.165) is 76.2 Å². The number of aliphatic imine (C=N–C) groups is 2. The minimum atomic E-state index is -0.836. The zero-order chi connectivity index (χ0) is 31.4. The lowest BCUT2D eigenvalue weighted by atomic mass is 9.81. The highest BCUT2D eigenvalue weighted by Gasteiger charge is 2.55. The van der Waals surface area contributed by atoms with Gasteiger partial charge in [0, 0.05) is 54.7 Å². The normalized spacial score (nSPS) is 28.6. The van der Waals surface area contributed by atoms with E-state index in [2.05, 4.69) is 41.8 Å². The molecule has 0 amide bonds. The van der Waals surface area contributed by atoms with E-state index < -0.39 is 11.3 Å². The van der Waals surface area contributed by atoms with Gasteiger partial charge in [0.1, 0.15) is 22.7 Å². The molecule has 3 atom stereocenters. The summed E-state index contributed by atoms with van der Waals surface area (Å²) in [4.78, 5) is 14.7. The third-order valence-electron chi connectivity index (χ3n) is 7.98. The molecular weight excluding hydrogens is 736 g/mol. The van der Waals surface area contributed by atoms with Crippen LogP contribution in [0.4, 0.5) is 0 Å². The number of hydroxylamine groups is 3. The first-order valence-corrected chi connectivity index (χ1v) is 15.9. The maximum Gasteiger partial charge on any atom is 0.222 e. The summed E-state index contributed by atoms with van der Waals surface area (Å²) in [6, 6.07) is 11.7. The zero-order valence-corrected chi connectivity index (χ0v) is 29.0. The van der Waals surface area contributed by atoms with Gasteiger partial charge in [-0.3, -0.25) is 0 Å². The Balaban J connectivity index is 0.000000186. The topological polar surface area (TPSA) is 156 Å². The van der Waals surface area contributed by atoms with Crippen LogP contribution in [0.25, 0.3) is 0 Å². The van der Waals surface area contributed by atoms with Crippen LogP contribution in [0.5, 0.6) is 11.5 Å². The number of nitrogens with one attached hydrogen (secondary N) is 1. The Morgan fingerprint density at radius 3 is 2.20 bits per heavy atom. The van der Waals surface area contributed by atoms with Crippen LogP contribution in [-0.4, -0.2) is 73.7 Å². The standard InChI is InChI=1S/C15H18BrN3O3.C14H13BrN2O2.CH5NO.ClH/c1-19-13(17)18-15(22-19)8-14(5-2-6-20-9-14)21-12-4-3-10(16)7-11(12)15;15-10-2-3-13-11(6-10)12(17-9-16)7-14(19-13)4-1-5-18-8-14;1-2-3;/h3-4,7H,2,5-6,8-9H2,1H3,(H2,17,18);2-3,6H,1,4-5,7-8H2;2-3H,1H3;1H. The first-order chi connectivity index (χ1) is 21.2. The first-order valence-electron chi connectivity index (χ1n) is 14.3. The van der Waals surface area contributed by atoms with Crippen LogP contribution in [0, 0.1) is 11.5 Å². The SMILES string of the molecule is CN1OC2(CC3(CCCOC3)Oc3ccc(Br)cc32)N=C1N.CNO.Cl.N#CN=C1CC2(CCCOC2)Oc2ccc(Br)cc21. The van der Waals surface area contributed by atoms with Gasteiger partial charge in [-0.25, -0.2) is 20.4 Å². The molecule has 5 heterocycles. The maximum absolute atomic E-state index is 8.88. The van der Waals surface area contributed by atoms with Crippen LogP contribution in [-0.2, 0) is 20.0 Å². The molecule has 5 aliphatic heterocycles. The second kappa shape index (κ2) is 15.0. The number of nitrogens with zero attached hydrogens (tertiary/aromatic N) is 4. The van der Waals surface area contributed by atoms with Gasteiger partial charge in [-0.2, -0.15) is 10.3 Å². The highest BCUT2D eigenvalue weighted by molar-refractivity contribution is 9.10. The van der Waals surface area contributed by atoms with Crippen molar-refractivity contribution >= 4 is 55.9 Å². The fraction of sp³-hybridized carbons (Fsp3) is 0.500. The van der Waals surface area contributed by atoms with Crippen LogP contribution < -0.4 is 20.7 Å². The summed E-state index contributed by atoms with van der Waals surface area (Å²) in [5, 5.41) is 17.7. The van der Waals surface area contributed by atoms with Gasteiger partial charge in [0.05, 0.1) is 24.5 Å². The fourth-order valence-electron chi connectivity index (χ4n) is 6.17. The lowest BCUT2D eigenvalue weighted by Gasteiger charge is -2.46. The lowest BCUT2D eigenvalue weighted by molar-refractivity contribution is -0.216. The van der Waals surface area contributed by atoms with E-state index in [4.69, 9.17) is 40.0 Å². The summed E-state index contributed by atoms with van der Waals surface area (Å²) < 4.78 is 25.6. The molecule has 2 fully saturated rings. The highest BCUT2D eigenvalue weighted by atomic mass is 79.9. The second-order valence-corrected chi connectivity index (χ2v) is 13.1. The van der Waals surface area contributed by atoms with Crippen LogP contribution in [0.3, 0.4) is 0 Å². The predicted molar refractivity (Wildman–Crippen MR) is 177 cm³/mol. The van der Waals surface area contributed by atoms with Crippen LogP contribution >= 0.6 is 44.3 Å². The van der Waals surface area contributed by atoms with E-state index in [-0.39, 0.29) is 18.0 Å². The molecule has 244 valence electrons. The molecule has 0 aromatic heterocycles. The Hall–Kier alpha value is -2.48. The number of halogens is 3. The number of hydrogen-bond donors (Lipinski definition) is 3. The smallest absolute Gasteiger partial charge is 0.222 e. The number of guanidine groups is 1. The molecule has 3 spiro atoms. The minimum absolute atomic E-state index is 0. The summed E-state index contributed by atoms with van der Waals surface area (Å²) in [7, 11) is 3.20. The van der Waals surface area contributed by atoms with Crippen molar-refractivity contribution < 1.29 is 29.0 Å². The third-order valence-corrected chi connectivity index (χ3v) is 8.97. The molecule has 2 aromatic rings. The number of benzene rings is 2. The van der Waals surface area contributed by atoms with Crippen molar-refractivity contribution in [3.63, 3.8) is 0 Å². The summed E-state index contributed by atoms with van der Waals surface area (Å²) in [6.07, 6.45) is 6.92. The first kappa shape index (κ1) is 35.4. The number of nitrogens with two attached hydrogens (primary N) is 1. The summed E-state index contributed by atoms with van der Waals surface area (Å²) in [5.41, 5.74) is 8.69. The molecule has 3 unspecified atom stereocenters. The molecule has 5 aliphatic rings. The summed E-state index contributed by atoms with van der Waals surface area (Å²) in [5.74, 6) is 1.94. The molecule has 2 saturated heterocycles. The molecule has 0 radical (unpaired) electrons.